The topological polar surface area (TPSA) is 112 Å². The van der Waals surface area contributed by atoms with Gasteiger partial charge in [0.05, 0.1) is 36.4 Å². The van der Waals surface area contributed by atoms with E-state index in [4.69, 9.17) is 19.8 Å². The number of H-pyrrole nitrogens is 1. The van der Waals surface area contributed by atoms with Crippen LogP contribution in [-0.2, 0) is 21.3 Å². The van der Waals surface area contributed by atoms with E-state index in [1.165, 1.54) is 5.56 Å². The molecular weight excluding hydrogens is 528 g/mol. The Morgan fingerprint density at radius 3 is 2.55 bits per heavy atom. The molecule has 7 rings (SSSR count). The van der Waals surface area contributed by atoms with Crippen molar-refractivity contribution in [2.24, 2.45) is 0 Å². The standard InChI is InChI=1S/C28H34N8O3S/c1-20-3-2-4-21(17-20)23-7-8-36(32-23)26-18-24(34-13-15-39-16-14-34)27-28(31-26)30-25(29-27)19-33-9-11-35(12-10-33)40(37,38)22-5-6-22/h2-4,7-8,17-18,22H,5-6,9-16,19H2,1H3,(H,29,30,31). The Bertz CT molecular complexity index is 1630. The van der Waals surface area contributed by atoms with Crippen LogP contribution < -0.4 is 4.90 Å². The minimum absolute atomic E-state index is 0.157. The fraction of sp³-hybridized carbons (Fsp3) is 0.464. The van der Waals surface area contributed by atoms with Crippen molar-refractivity contribution in [1.29, 1.82) is 0 Å². The van der Waals surface area contributed by atoms with Gasteiger partial charge in [0.15, 0.2) is 11.5 Å². The van der Waals surface area contributed by atoms with Crippen LogP contribution in [0.5, 0.6) is 0 Å². The van der Waals surface area contributed by atoms with Crippen molar-refractivity contribution in [2.75, 3.05) is 57.4 Å². The largest absolute Gasteiger partial charge is 0.378 e. The number of aromatic amines is 1. The molecule has 1 aliphatic carbocycles. The van der Waals surface area contributed by atoms with E-state index in [9.17, 15) is 8.42 Å². The van der Waals surface area contributed by atoms with Crippen molar-refractivity contribution >= 4 is 26.9 Å². The van der Waals surface area contributed by atoms with Gasteiger partial charge >= 0.3 is 0 Å². The molecule has 12 heteroatoms. The number of benzene rings is 1. The zero-order chi connectivity index (χ0) is 27.3. The molecule has 2 saturated heterocycles. The highest BCUT2D eigenvalue weighted by Crippen LogP contribution is 2.32. The van der Waals surface area contributed by atoms with Crippen molar-refractivity contribution in [3.8, 4) is 17.1 Å². The van der Waals surface area contributed by atoms with Gasteiger partial charge in [0, 0.05) is 57.1 Å². The number of imidazole rings is 1. The Balaban J connectivity index is 1.16. The summed E-state index contributed by atoms with van der Waals surface area (Å²) in [7, 11) is -3.12. The van der Waals surface area contributed by atoms with E-state index in [0.717, 1.165) is 54.2 Å². The highest BCUT2D eigenvalue weighted by atomic mass is 32.2. The van der Waals surface area contributed by atoms with Gasteiger partial charge in [-0.2, -0.15) is 9.40 Å². The van der Waals surface area contributed by atoms with Crippen LogP contribution in [0.4, 0.5) is 5.69 Å². The first-order valence-electron chi connectivity index (χ1n) is 14.0. The van der Waals surface area contributed by atoms with Crippen LogP contribution in [0.2, 0.25) is 0 Å². The molecule has 0 unspecified atom stereocenters. The molecule has 1 N–H and O–H groups in total. The minimum Gasteiger partial charge on any atom is -0.378 e. The van der Waals surface area contributed by atoms with Crippen molar-refractivity contribution in [3.63, 3.8) is 0 Å². The third-order valence-electron chi connectivity index (χ3n) is 7.98. The third kappa shape index (κ3) is 5.00. The van der Waals surface area contributed by atoms with E-state index in [1.807, 2.05) is 23.0 Å². The van der Waals surface area contributed by atoms with Gasteiger partial charge in [0.25, 0.3) is 0 Å². The van der Waals surface area contributed by atoms with Crippen LogP contribution in [0.3, 0.4) is 0 Å². The molecule has 3 aliphatic rings. The highest BCUT2D eigenvalue weighted by molar-refractivity contribution is 7.90. The summed E-state index contributed by atoms with van der Waals surface area (Å²) in [5.41, 5.74) is 5.74. The summed E-state index contributed by atoms with van der Waals surface area (Å²) in [6.07, 6.45) is 3.54. The highest BCUT2D eigenvalue weighted by Gasteiger charge is 2.41. The number of anilines is 1. The molecule has 0 radical (unpaired) electrons. The van der Waals surface area contributed by atoms with Crippen molar-refractivity contribution < 1.29 is 13.2 Å². The first kappa shape index (κ1) is 25.6. The Morgan fingerprint density at radius 2 is 1.80 bits per heavy atom. The number of hydrogen-bond donors (Lipinski definition) is 1. The van der Waals surface area contributed by atoms with E-state index >= 15 is 0 Å². The Kier molecular flexibility index (Phi) is 6.57. The molecule has 210 valence electrons. The summed E-state index contributed by atoms with van der Waals surface area (Å²) in [5.74, 6) is 1.54. The predicted molar refractivity (Wildman–Crippen MR) is 153 cm³/mol. The molecule has 40 heavy (non-hydrogen) atoms. The van der Waals surface area contributed by atoms with Crippen molar-refractivity contribution in [3.05, 3.63) is 54.0 Å². The molecule has 11 nitrogen and oxygen atoms in total. The smallest absolute Gasteiger partial charge is 0.217 e. The number of pyridine rings is 1. The number of rotatable bonds is 7. The van der Waals surface area contributed by atoms with Gasteiger partial charge in [-0.15, -0.1) is 0 Å². The summed E-state index contributed by atoms with van der Waals surface area (Å²) in [5, 5.41) is 4.68. The average molecular weight is 563 g/mol. The molecule has 1 saturated carbocycles. The van der Waals surface area contributed by atoms with E-state index in [-0.39, 0.29) is 5.25 Å². The fourth-order valence-corrected chi connectivity index (χ4v) is 7.42. The van der Waals surface area contributed by atoms with E-state index in [2.05, 4.69) is 46.0 Å². The molecule has 4 aromatic rings. The number of aromatic nitrogens is 5. The van der Waals surface area contributed by atoms with Gasteiger partial charge in [0.1, 0.15) is 11.3 Å². The lowest BCUT2D eigenvalue weighted by molar-refractivity contribution is 0.123. The Morgan fingerprint density at radius 1 is 1.00 bits per heavy atom. The lowest BCUT2D eigenvalue weighted by Gasteiger charge is -2.33. The van der Waals surface area contributed by atoms with Crippen molar-refractivity contribution in [1.82, 2.24) is 33.9 Å². The number of piperazine rings is 1. The predicted octanol–water partition coefficient (Wildman–Crippen LogP) is 2.57. The van der Waals surface area contributed by atoms with Crippen LogP contribution in [0, 0.1) is 6.92 Å². The van der Waals surface area contributed by atoms with Crippen LogP contribution in [0.15, 0.2) is 42.6 Å². The number of ether oxygens (including phenoxy) is 1. The normalized spacial score (nSPS) is 19.5. The molecular formula is C28H34N8O3S. The number of aryl methyl sites for hydroxylation is 1. The van der Waals surface area contributed by atoms with E-state index in [1.54, 1.807) is 4.31 Å². The zero-order valence-electron chi connectivity index (χ0n) is 22.7. The fourth-order valence-electron chi connectivity index (χ4n) is 5.59. The third-order valence-corrected chi connectivity index (χ3v) is 10.4. The molecule has 0 atom stereocenters. The lowest BCUT2D eigenvalue weighted by Crippen LogP contribution is -2.49. The van der Waals surface area contributed by atoms with E-state index < -0.39 is 10.0 Å². The molecule has 5 heterocycles. The monoisotopic (exact) mass is 562 g/mol. The molecule has 3 aromatic heterocycles. The van der Waals surface area contributed by atoms with Gasteiger partial charge in [-0.25, -0.2) is 23.1 Å². The Labute approximate surface area is 233 Å². The first-order valence-corrected chi connectivity index (χ1v) is 15.5. The van der Waals surface area contributed by atoms with Gasteiger partial charge in [0.2, 0.25) is 10.0 Å². The Hall–Kier alpha value is -3.32. The average Bonchev–Trinajstić information content (AvgIpc) is 3.59. The SMILES string of the molecule is Cc1cccc(-c2ccn(-c3cc(N4CCOCC4)c4[nH]c(CN5CCN(S(=O)(=O)C6CC6)CC5)nc4n3)n2)c1. The van der Waals surface area contributed by atoms with Gasteiger partial charge in [-0.1, -0.05) is 23.8 Å². The van der Waals surface area contributed by atoms with Gasteiger partial charge < -0.3 is 14.6 Å². The minimum atomic E-state index is -3.12. The molecule has 1 aromatic carbocycles. The summed E-state index contributed by atoms with van der Waals surface area (Å²) in [6.45, 7) is 8.06. The number of morpholine rings is 1. The molecule has 3 fully saturated rings. The number of nitrogens with zero attached hydrogens (tertiary/aromatic N) is 7. The first-order chi connectivity index (χ1) is 19.4. The summed E-state index contributed by atoms with van der Waals surface area (Å²) < 4.78 is 34.3. The van der Waals surface area contributed by atoms with Gasteiger partial charge in [-0.05, 0) is 31.9 Å². The maximum absolute atomic E-state index is 12.6. The number of hydrogen-bond acceptors (Lipinski definition) is 8. The van der Waals surface area contributed by atoms with E-state index in [0.29, 0.717) is 57.4 Å². The quantitative estimate of drug-likeness (QED) is 0.366. The second kappa shape index (κ2) is 10.3. The second-order valence-electron chi connectivity index (χ2n) is 10.9. The van der Waals surface area contributed by atoms with Crippen LogP contribution in [0.25, 0.3) is 28.2 Å². The second-order valence-corrected chi connectivity index (χ2v) is 13.1. The zero-order valence-corrected chi connectivity index (χ0v) is 23.5. The van der Waals surface area contributed by atoms with Gasteiger partial charge in [-0.3, -0.25) is 4.90 Å². The summed E-state index contributed by atoms with van der Waals surface area (Å²) in [6, 6.07) is 12.4. The summed E-state index contributed by atoms with van der Waals surface area (Å²) >= 11 is 0. The van der Waals surface area contributed by atoms with Crippen LogP contribution >= 0.6 is 0 Å². The molecule has 0 amide bonds. The van der Waals surface area contributed by atoms with Crippen LogP contribution in [-0.4, -0.2) is 100 Å². The number of fused-ring (bicyclic) bond motifs is 1. The molecule has 0 bridgehead atoms. The number of sulfonamides is 1. The maximum Gasteiger partial charge on any atom is 0.217 e. The summed E-state index contributed by atoms with van der Waals surface area (Å²) in [4.78, 5) is 17.9. The molecule has 2 aliphatic heterocycles. The van der Waals surface area contributed by atoms with Crippen molar-refractivity contribution in [2.45, 2.75) is 31.6 Å². The lowest BCUT2D eigenvalue weighted by atomic mass is 10.1. The van der Waals surface area contributed by atoms with Crippen LogP contribution in [0.1, 0.15) is 24.2 Å². The number of nitrogens with one attached hydrogen (secondary N) is 1. The molecule has 0 spiro atoms. The maximum atomic E-state index is 12.6.